The van der Waals surface area contributed by atoms with E-state index in [-0.39, 0.29) is 5.41 Å². The van der Waals surface area contributed by atoms with Crippen LogP contribution in [0.3, 0.4) is 0 Å². The lowest BCUT2D eigenvalue weighted by molar-refractivity contribution is -0.144. The van der Waals surface area contributed by atoms with Crippen LogP contribution in [-0.4, -0.2) is 37.0 Å². The lowest BCUT2D eigenvalue weighted by Gasteiger charge is -2.39. The van der Waals surface area contributed by atoms with Crippen molar-refractivity contribution in [2.75, 3.05) is 26.2 Å². The Kier molecular flexibility index (Phi) is 5.88. The molecule has 0 aromatic heterocycles. The lowest BCUT2D eigenvalue weighted by atomic mass is 9.74. The molecular formula is C17H32N2O. The molecule has 1 amide bonds. The Morgan fingerprint density at radius 3 is 2.60 bits per heavy atom. The maximum Gasteiger partial charge on any atom is 0.228 e. The van der Waals surface area contributed by atoms with E-state index in [4.69, 9.17) is 0 Å². The summed E-state index contributed by atoms with van der Waals surface area (Å²) >= 11 is 0. The van der Waals surface area contributed by atoms with Gasteiger partial charge in [0.25, 0.3) is 0 Å². The summed E-state index contributed by atoms with van der Waals surface area (Å²) in [5.41, 5.74) is -0.0739. The minimum atomic E-state index is -0.0739. The van der Waals surface area contributed by atoms with Gasteiger partial charge in [-0.1, -0.05) is 33.1 Å². The number of hydrogen-bond acceptors (Lipinski definition) is 2. The Morgan fingerprint density at radius 2 is 2.00 bits per heavy atom. The zero-order valence-corrected chi connectivity index (χ0v) is 13.4. The van der Waals surface area contributed by atoms with E-state index in [1.807, 2.05) is 0 Å². The molecule has 1 saturated heterocycles. The SMILES string of the molecule is CCCN(CC1CCCNC1)C(=O)C1(C)CCCCC1. The topological polar surface area (TPSA) is 32.3 Å². The number of carbonyl (C=O) groups excluding carboxylic acids is 1. The first-order chi connectivity index (χ1) is 9.65. The van der Waals surface area contributed by atoms with Crippen molar-refractivity contribution in [2.45, 2.75) is 65.2 Å². The van der Waals surface area contributed by atoms with Gasteiger partial charge >= 0.3 is 0 Å². The van der Waals surface area contributed by atoms with Crippen LogP contribution in [0.4, 0.5) is 0 Å². The summed E-state index contributed by atoms with van der Waals surface area (Å²) in [6, 6.07) is 0. The molecule has 116 valence electrons. The molecule has 3 heteroatoms. The largest absolute Gasteiger partial charge is 0.342 e. The third-order valence-corrected chi connectivity index (χ3v) is 5.13. The Labute approximate surface area is 124 Å². The quantitative estimate of drug-likeness (QED) is 0.839. The second-order valence-corrected chi connectivity index (χ2v) is 7.08. The molecular weight excluding hydrogens is 248 g/mol. The summed E-state index contributed by atoms with van der Waals surface area (Å²) in [6.07, 6.45) is 9.56. The minimum Gasteiger partial charge on any atom is -0.342 e. The van der Waals surface area contributed by atoms with Crippen LogP contribution in [-0.2, 0) is 4.79 Å². The molecule has 0 spiro atoms. The smallest absolute Gasteiger partial charge is 0.228 e. The zero-order valence-electron chi connectivity index (χ0n) is 13.4. The Hall–Kier alpha value is -0.570. The first-order valence-corrected chi connectivity index (χ1v) is 8.66. The highest BCUT2D eigenvalue weighted by Crippen LogP contribution is 2.37. The van der Waals surface area contributed by atoms with Crippen LogP contribution in [0.25, 0.3) is 0 Å². The molecule has 1 N–H and O–H groups in total. The predicted molar refractivity (Wildman–Crippen MR) is 83.7 cm³/mol. The highest BCUT2D eigenvalue weighted by atomic mass is 16.2. The molecule has 0 aromatic carbocycles. The fraction of sp³-hybridized carbons (Fsp3) is 0.941. The van der Waals surface area contributed by atoms with Gasteiger partial charge in [-0.15, -0.1) is 0 Å². The number of nitrogens with one attached hydrogen (secondary N) is 1. The van der Waals surface area contributed by atoms with Crippen LogP contribution >= 0.6 is 0 Å². The Balaban J connectivity index is 1.96. The van der Waals surface area contributed by atoms with Crippen molar-refractivity contribution in [2.24, 2.45) is 11.3 Å². The molecule has 1 aliphatic heterocycles. The molecule has 1 aliphatic carbocycles. The van der Waals surface area contributed by atoms with Gasteiger partial charge in [-0.2, -0.15) is 0 Å². The normalized spacial score (nSPS) is 26.2. The van der Waals surface area contributed by atoms with Crippen molar-refractivity contribution in [3.63, 3.8) is 0 Å². The van der Waals surface area contributed by atoms with Gasteiger partial charge < -0.3 is 10.2 Å². The summed E-state index contributed by atoms with van der Waals surface area (Å²) in [6.45, 7) is 8.53. The third-order valence-electron chi connectivity index (χ3n) is 5.13. The fourth-order valence-electron chi connectivity index (χ4n) is 3.86. The van der Waals surface area contributed by atoms with Crippen molar-refractivity contribution < 1.29 is 4.79 Å². The van der Waals surface area contributed by atoms with Gasteiger partial charge in [0.15, 0.2) is 0 Å². The van der Waals surface area contributed by atoms with Crippen LogP contribution in [0.1, 0.15) is 65.2 Å². The van der Waals surface area contributed by atoms with E-state index >= 15 is 0 Å². The molecule has 0 bridgehead atoms. The van der Waals surface area contributed by atoms with Crippen LogP contribution < -0.4 is 5.32 Å². The molecule has 1 atom stereocenters. The average molecular weight is 280 g/mol. The van der Waals surface area contributed by atoms with Crippen molar-refractivity contribution in [3.8, 4) is 0 Å². The second-order valence-electron chi connectivity index (χ2n) is 7.08. The number of piperidine rings is 1. The van der Waals surface area contributed by atoms with Gasteiger partial charge in [0.1, 0.15) is 0 Å². The van der Waals surface area contributed by atoms with E-state index in [2.05, 4.69) is 24.1 Å². The lowest BCUT2D eigenvalue weighted by Crippen LogP contribution is -2.47. The molecule has 1 unspecified atom stereocenters. The highest BCUT2D eigenvalue weighted by molar-refractivity contribution is 5.82. The van der Waals surface area contributed by atoms with E-state index < -0.39 is 0 Å². The molecule has 2 aliphatic rings. The minimum absolute atomic E-state index is 0.0739. The average Bonchev–Trinajstić information content (AvgIpc) is 2.48. The second kappa shape index (κ2) is 7.44. The van der Waals surface area contributed by atoms with Crippen LogP contribution in [0, 0.1) is 11.3 Å². The zero-order chi connectivity index (χ0) is 14.4. The summed E-state index contributed by atoms with van der Waals surface area (Å²) in [5.74, 6) is 1.09. The monoisotopic (exact) mass is 280 g/mol. The molecule has 3 nitrogen and oxygen atoms in total. The summed E-state index contributed by atoms with van der Waals surface area (Å²) in [4.78, 5) is 15.2. The van der Waals surface area contributed by atoms with Gasteiger partial charge in [-0.05, 0) is 51.1 Å². The molecule has 2 fully saturated rings. The number of carbonyl (C=O) groups is 1. The summed E-state index contributed by atoms with van der Waals surface area (Å²) in [5, 5.41) is 3.47. The summed E-state index contributed by atoms with van der Waals surface area (Å²) in [7, 11) is 0. The van der Waals surface area contributed by atoms with Crippen molar-refractivity contribution in [1.82, 2.24) is 10.2 Å². The van der Waals surface area contributed by atoms with E-state index in [1.54, 1.807) is 0 Å². The number of amides is 1. The molecule has 2 rings (SSSR count). The maximum absolute atomic E-state index is 13.0. The molecule has 0 radical (unpaired) electrons. The third kappa shape index (κ3) is 3.97. The molecule has 1 saturated carbocycles. The van der Waals surface area contributed by atoms with Gasteiger partial charge in [-0.25, -0.2) is 0 Å². The number of rotatable bonds is 5. The van der Waals surface area contributed by atoms with Gasteiger partial charge in [-0.3, -0.25) is 4.79 Å². The number of nitrogens with zero attached hydrogens (tertiary/aromatic N) is 1. The molecule has 20 heavy (non-hydrogen) atoms. The maximum atomic E-state index is 13.0. The summed E-state index contributed by atoms with van der Waals surface area (Å²) < 4.78 is 0. The van der Waals surface area contributed by atoms with E-state index in [1.165, 1.54) is 32.1 Å². The Bertz CT molecular complexity index is 304. The van der Waals surface area contributed by atoms with Crippen molar-refractivity contribution in [3.05, 3.63) is 0 Å². The van der Waals surface area contributed by atoms with E-state index in [0.717, 1.165) is 45.4 Å². The molecule has 0 aromatic rings. The van der Waals surface area contributed by atoms with E-state index in [0.29, 0.717) is 11.8 Å². The number of hydrogen-bond donors (Lipinski definition) is 1. The predicted octanol–water partition coefficient (Wildman–Crippen LogP) is 3.20. The van der Waals surface area contributed by atoms with Crippen molar-refractivity contribution >= 4 is 5.91 Å². The Morgan fingerprint density at radius 1 is 1.25 bits per heavy atom. The first-order valence-electron chi connectivity index (χ1n) is 8.66. The van der Waals surface area contributed by atoms with E-state index in [9.17, 15) is 4.79 Å². The van der Waals surface area contributed by atoms with Gasteiger partial charge in [0, 0.05) is 18.5 Å². The van der Waals surface area contributed by atoms with Gasteiger partial charge in [0.2, 0.25) is 5.91 Å². The van der Waals surface area contributed by atoms with Crippen molar-refractivity contribution in [1.29, 1.82) is 0 Å². The van der Waals surface area contributed by atoms with Crippen LogP contribution in [0.15, 0.2) is 0 Å². The highest BCUT2D eigenvalue weighted by Gasteiger charge is 2.37. The van der Waals surface area contributed by atoms with Crippen LogP contribution in [0.2, 0.25) is 0 Å². The standard InChI is InChI=1S/C17H32N2O/c1-3-12-19(14-15-8-7-11-18-13-15)16(20)17(2)9-5-4-6-10-17/h15,18H,3-14H2,1-2H3. The van der Waals surface area contributed by atoms with Gasteiger partial charge in [0.05, 0.1) is 0 Å². The first kappa shape index (κ1) is 15.8. The van der Waals surface area contributed by atoms with Crippen LogP contribution in [0.5, 0.6) is 0 Å². The fourth-order valence-corrected chi connectivity index (χ4v) is 3.86. The molecule has 1 heterocycles.